The SMILES string of the molecule is O=O.O=O.O=O.O=O.[Ba].[Mo]. The minimum atomic E-state index is 0. The second kappa shape index (κ2) is 1660. The average molecular weight is 361 g/mol. The van der Waals surface area contributed by atoms with Crippen LogP contribution in [0.1, 0.15) is 0 Å². The first-order valence-electron chi connectivity index (χ1n) is 0.667. The largest absolute Gasteiger partial charge is 0 e. The maximum Gasteiger partial charge on any atom is 0 e. The predicted molar refractivity (Wildman–Crippen MR) is 32.7 cm³/mol. The van der Waals surface area contributed by atoms with E-state index in [0.29, 0.717) is 0 Å². The van der Waals surface area contributed by atoms with Gasteiger partial charge in [-0.3, -0.25) is 0 Å². The molecule has 0 spiro atoms. The average Bonchev–Trinajstić information content (AvgIpc) is 2.03. The van der Waals surface area contributed by atoms with E-state index in [1.807, 2.05) is 0 Å². The summed E-state index contributed by atoms with van der Waals surface area (Å²) in [7, 11) is 0. The summed E-state index contributed by atoms with van der Waals surface area (Å²) in [6, 6.07) is 0. The van der Waals surface area contributed by atoms with Gasteiger partial charge in [-0.1, -0.05) is 0 Å². The third kappa shape index (κ3) is 1170. The monoisotopic (exact) mass is 364 g/mol. The van der Waals surface area contributed by atoms with Crippen LogP contribution in [0.2, 0.25) is 0 Å². The van der Waals surface area contributed by atoms with Crippen molar-refractivity contribution >= 4 is 48.9 Å². The van der Waals surface area contributed by atoms with Crippen molar-refractivity contribution < 1.29 is 21.1 Å². The zero-order valence-corrected chi connectivity index (χ0v) is 10.8. The van der Waals surface area contributed by atoms with Crippen molar-refractivity contribution in [1.82, 2.24) is 0 Å². The van der Waals surface area contributed by atoms with Crippen molar-refractivity contribution in [3.63, 3.8) is 0 Å². The van der Waals surface area contributed by atoms with Crippen LogP contribution in [0, 0.1) is 39.7 Å². The van der Waals surface area contributed by atoms with E-state index in [-0.39, 0.29) is 69.9 Å². The van der Waals surface area contributed by atoms with Crippen LogP contribution in [0.5, 0.6) is 0 Å². The van der Waals surface area contributed by atoms with Crippen molar-refractivity contribution in [3.05, 3.63) is 39.7 Å². The van der Waals surface area contributed by atoms with Crippen LogP contribution in [0.3, 0.4) is 0 Å². The molecule has 0 aromatic heterocycles. The number of hydrogen-bond donors (Lipinski definition) is 0. The second-order valence-electron chi connectivity index (χ2n) is 0. The van der Waals surface area contributed by atoms with Crippen LogP contribution in [-0.2, 0) is 21.1 Å². The van der Waals surface area contributed by atoms with Crippen molar-refractivity contribution in [2.75, 3.05) is 0 Å². The quantitative estimate of drug-likeness (QED) is 0.545. The van der Waals surface area contributed by atoms with Gasteiger partial charge >= 0.3 is 0 Å². The minimum Gasteiger partial charge on any atom is 0 e. The molecule has 10 heteroatoms. The molecule has 10 heavy (non-hydrogen) atoms. The molecule has 0 unspecified atom stereocenters. The smallest absolute Gasteiger partial charge is 0 e. The molecule has 0 aliphatic heterocycles. The fraction of sp³-hybridized carbons (Fsp3) is 0. The van der Waals surface area contributed by atoms with Crippen molar-refractivity contribution in [1.29, 1.82) is 0 Å². The van der Waals surface area contributed by atoms with E-state index in [1.54, 1.807) is 0 Å². The summed E-state index contributed by atoms with van der Waals surface area (Å²) in [5.41, 5.74) is 0. The van der Waals surface area contributed by atoms with E-state index in [9.17, 15) is 0 Å². The van der Waals surface area contributed by atoms with Gasteiger partial charge in [-0.25, -0.2) is 0 Å². The van der Waals surface area contributed by atoms with E-state index >= 15 is 0 Å². The Bertz CT molecular complexity index is 17.2. The molecule has 0 heterocycles. The van der Waals surface area contributed by atoms with E-state index < -0.39 is 0 Å². The van der Waals surface area contributed by atoms with Crippen molar-refractivity contribution in [2.45, 2.75) is 0 Å². The van der Waals surface area contributed by atoms with Gasteiger partial charge in [-0.15, -0.1) is 0 Å². The Labute approximate surface area is 108 Å². The van der Waals surface area contributed by atoms with Gasteiger partial charge in [0.25, 0.3) is 0 Å². The maximum absolute atomic E-state index is 7.00. The van der Waals surface area contributed by atoms with Gasteiger partial charge in [0.2, 0.25) is 0 Å². The van der Waals surface area contributed by atoms with E-state index in [0.717, 1.165) is 0 Å². The molecule has 0 aromatic rings. The number of hydrogen-bond acceptors (Lipinski definition) is 8. The Balaban J connectivity index is -0.00000000500. The zero-order chi connectivity index (χ0) is 8.00. The summed E-state index contributed by atoms with van der Waals surface area (Å²) in [5, 5.41) is 0. The van der Waals surface area contributed by atoms with Gasteiger partial charge in [0.05, 0.1) is 0 Å². The molecule has 0 aromatic carbocycles. The zero-order valence-electron chi connectivity index (χ0n) is 4.38. The van der Waals surface area contributed by atoms with E-state index in [1.165, 1.54) is 0 Å². The molecule has 0 bridgehead atoms. The van der Waals surface area contributed by atoms with Gasteiger partial charge in [0.1, 0.15) is 0 Å². The molecule has 8 nitrogen and oxygen atoms in total. The standard InChI is InChI=1S/Ba.Mo.4O2/c;;4*1-2. The van der Waals surface area contributed by atoms with Gasteiger partial charge in [0, 0.05) is 110 Å². The van der Waals surface area contributed by atoms with Crippen LogP contribution < -0.4 is 0 Å². The van der Waals surface area contributed by atoms with Gasteiger partial charge < -0.3 is 0 Å². The van der Waals surface area contributed by atoms with Crippen molar-refractivity contribution in [3.8, 4) is 0 Å². The molecule has 0 rings (SSSR count). The topological polar surface area (TPSA) is 137 Å². The second-order valence-corrected chi connectivity index (χ2v) is 0. The van der Waals surface area contributed by atoms with Gasteiger partial charge in [-0.2, -0.15) is 0 Å². The van der Waals surface area contributed by atoms with E-state index in [2.05, 4.69) is 0 Å². The molecule has 56 valence electrons. The fourth-order valence-corrected chi connectivity index (χ4v) is 0. The molecular formula is BaMoO8. The van der Waals surface area contributed by atoms with Crippen molar-refractivity contribution in [2.24, 2.45) is 0 Å². The Morgan fingerprint density at radius 1 is 0.400 bits per heavy atom. The third-order valence-electron chi connectivity index (χ3n) is 0. The summed E-state index contributed by atoms with van der Waals surface area (Å²) in [4.78, 5) is 56.0. The van der Waals surface area contributed by atoms with E-state index in [4.69, 9.17) is 39.7 Å². The molecule has 0 amide bonds. The maximum atomic E-state index is 7.00. The van der Waals surface area contributed by atoms with Gasteiger partial charge in [-0.05, 0) is 0 Å². The first kappa shape index (κ1) is 45.8. The Kier molecular flexibility index (Phi) is 7620. The molecule has 0 saturated carbocycles. The molecule has 0 saturated heterocycles. The molecule has 2 radical (unpaired) electrons. The Morgan fingerprint density at radius 3 is 0.400 bits per heavy atom. The Hall–Kier alpha value is 0.660. The molecule has 0 aliphatic rings. The molecule has 0 aliphatic carbocycles. The summed E-state index contributed by atoms with van der Waals surface area (Å²) < 4.78 is 0. The predicted octanol–water partition coefficient (Wildman–Crippen LogP) is -0.115. The molecule has 0 N–H and O–H groups in total. The van der Waals surface area contributed by atoms with Gasteiger partial charge in [0.15, 0.2) is 0 Å². The summed E-state index contributed by atoms with van der Waals surface area (Å²) in [5.74, 6) is 0. The summed E-state index contributed by atoms with van der Waals surface area (Å²) in [6.07, 6.45) is 0. The van der Waals surface area contributed by atoms with Crippen LogP contribution in [0.15, 0.2) is 0 Å². The third-order valence-corrected chi connectivity index (χ3v) is 0. The normalized spacial score (nSPS) is 1.60. The number of rotatable bonds is 0. The minimum absolute atomic E-state index is 0. The first-order chi connectivity index (χ1) is 4.00. The van der Waals surface area contributed by atoms with Crippen LogP contribution in [0.4, 0.5) is 0 Å². The van der Waals surface area contributed by atoms with Crippen LogP contribution in [-0.4, -0.2) is 48.9 Å². The van der Waals surface area contributed by atoms with Crippen LogP contribution in [0.25, 0.3) is 0 Å². The fourth-order valence-electron chi connectivity index (χ4n) is 0. The summed E-state index contributed by atoms with van der Waals surface area (Å²) >= 11 is 0. The first-order valence-corrected chi connectivity index (χ1v) is 0.667. The summed E-state index contributed by atoms with van der Waals surface area (Å²) in [6.45, 7) is 0. The molecule has 0 atom stereocenters. The Morgan fingerprint density at radius 2 is 0.400 bits per heavy atom. The molecule has 0 fully saturated rings. The molecular weight excluding hydrogens is 361 g/mol. The van der Waals surface area contributed by atoms with Crippen LogP contribution >= 0.6 is 0 Å².